The van der Waals surface area contributed by atoms with E-state index in [0.717, 1.165) is 16.7 Å². The van der Waals surface area contributed by atoms with Crippen LogP contribution in [-0.2, 0) is 16.1 Å². The molecule has 1 unspecified atom stereocenters. The van der Waals surface area contributed by atoms with E-state index in [1.807, 2.05) is 76.2 Å². The molecule has 0 saturated carbocycles. The van der Waals surface area contributed by atoms with Crippen LogP contribution in [0.2, 0.25) is 0 Å². The summed E-state index contributed by atoms with van der Waals surface area (Å²) in [5, 5.41) is 2.97. The van der Waals surface area contributed by atoms with Gasteiger partial charge in [-0.15, -0.1) is 0 Å². The van der Waals surface area contributed by atoms with Crippen molar-refractivity contribution in [1.29, 1.82) is 0 Å². The van der Waals surface area contributed by atoms with Gasteiger partial charge in [-0.2, -0.15) is 0 Å². The van der Waals surface area contributed by atoms with Crippen molar-refractivity contribution >= 4 is 11.8 Å². The minimum atomic E-state index is -0.628. The lowest BCUT2D eigenvalue weighted by molar-refractivity contribution is -0.142. The highest BCUT2D eigenvalue weighted by molar-refractivity contribution is 5.88. The highest BCUT2D eigenvalue weighted by atomic mass is 16.5. The lowest BCUT2D eigenvalue weighted by Crippen LogP contribution is -2.53. The van der Waals surface area contributed by atoms with Crippen LogP contribution in [0.25, 0.3) is 0 Å². The number of carbonyl (C=O) groups excluding carboxylic acids is 2. The number of hydrogen-bond acceptors (Lipinski definition) is 3. The number of hydrogen-bond donors (Lipinski definition) is 1. The Labute approximate surface area is 186 Å². The zero-order chi connectivity index (χ0) is 23.2. The Balaban J connectivity index is 2.21. The third-order valence-electron chi connectivity index (χ3n) is 5.03. The smallest absolute Gasteiger partial charge is 0.261 e. The number of amides is 2. The van der Waals surface area contributed by atoms with Crippen molar-refractivity contribution < 1.29 is 14.3 Å². The molecule has 0 fully saturated rings. The Kier molecular flexibility index (Phi) is 8.26. The minimum absolute atomic E-state index is 0.122. The van der Waals surface area contributed by atoms with Crippen molar-refractivity contribution in [3.63, 3.8) is 0 Å². The van der Waals surface area contributed by atoms with Crippen molar-refractivity contribution in [3.05, 3.63) is 65.2 Å². The van der Waals surface area contributed by atoms with Gasteiger partial charge in [0.1, 0.15) is 11.8 Å². The van der Waals surface area contributed by atoms with Crippen LogP contribution in [0.1, 0.15) is 64.2 Å². The summed E-state index contributed by atoms with van der Waals surface area (Å²) in [5.41, 5.74) is 2.79. The van der Waals surface area contributed by atoms with Crippen LogP contribution in [0.5, 0.6) is 5.75 Å². The molecule has 1 atom stereocenters. The first-order valence-electron chi connectivity index (χ1n) is 10.9. The van der Waals surface area contributed by atoms with E-state index in [4.69, 9.17) is 4.74 Å². The fraction of sp³-hybridized carbons (Fsp3) is 0.462. The van der Waals surface area contributed by atoms with Crippen LogP contribution in [0, 0.1) is 6.92 Å². The summed E-state index contributed by atoms with van der Waals surface area (Å²) < 4.78 is 5.91. The molecule has 168 valence electrons. The zero-order valence-corrected chi connectivity index (χ0v) is 19.9. The van der Waals surface area contributed by atoms with E-state index < -0.39 is 6.04 Å². The first-order chi connectivity index (χ1) is 14.5. The summed E-state index contributed by atoms with van der Waals surface area (Å²) in [4.78, 5) is 27.6. The third-order valence-corrected chi connectivity index (χ3v) is 5.03. The van der Waals surface area contributed by atoms with E-state index >= 15 is 0 Å². The molecule has 0 saturated heterocycles. The molecule has 2 aromatic carbocycles. The fourth-order valence-electron chi connectivity index (χ4n) is 3.26. The Morgan fingerprint density at radius 3 is 2.19 bits per heavy atom. The molecule has 31 heavy (non-hydrogen) atoms. The van der Waals surface area contributed by atoms with Gasteiger partial charge in [0.2, 0.25) is 5.91 Å². The highest BCUT2D eigenvalue weighted by Crippen LogP contribution is 2.26. The SMILES string of the molecule is Cc1ccc(CN(C(=O)COc2ccccc2C(C)C)C(C)C(=O)NC(C)(C)C)cc1. The molecule has 0 aliphatic heterocycles. The second-order valence-electron chi connectivity index (χ2n) is 9.40. The largest absolute Gasteiger partial charge is 0.483 e. The number of ether oxygens (including phenoxy) is 1. The van der Waals surface area contributed by atoms with Crippen molar-refractivity contribution in [2.45, 2.75) is 72.5 Å². The maximum atomic E-state index is 13.2. The Morgan fingerprint density at radius 2 is 1.61 bits per heavy atom. The quantitative estimate of drug-likeness (QED) is 0.660. The molecule has 5 nitrogen and oxygen atoms in total. The van der Waals surface area contributed by atoms with Gasteiger partial charge in [0, 0.05) is 12.1 Å². The number of nitrogens with one attached hydrogen (secondary N) is 1. The van der Waals surface area contributed by atoms with Gasteiger partial charge in [-0.1, -0.05) is 61.9 Å². The van der Waals surface area contributed by atoms with Gasteiger partial charge in [-0.3, -0.25) is 9.59 Å². The van der Waals surface area contributed by atoms with Gasteiger partial charge in [0.05, 0.1) is 0 Å². The Hall–Kier alpha value is -2.82. The number of benzene rings is 2. The number of para-hydroxylation sites is 1. The lowest BCUT2D eigenvalue weighted by atomic mass is 10.0. The number of rotatable bonds is 8. The van der Waals surface area contributed by atoms with Crippen LogP contribution in [-0.4, -0.2) is 34.9 Å². The predicted octanol–water partition coefficient (Wildman–Crippen LogP) is 4.83. The van der Waals surface area contributed by atoms with E-state index in [0.29, 0.717) is 12.3 Å². The zero-order valence-electron chi connectivity index (χ0n) is 19.9. The van der Waals surface area contributed by atoms with Gasteiger partial charge in [0.15, 0.2) is 6.61 Å². The highest BCUT2D eigenvalue weighted by Gasteiger charge is 2.28. The molecule has 0 bridgehead atoms. The minimum Gasteiger partial charge on any atom is -0.483 e. The van der Waals surface area contributed by atoms with E-state index in [-0.39, 0.29) is 29.9 Å². The molecule has 0 radical (unpaired) electrons. The predicted molar refractivity (Wildman–Crippen MR) is 125 cm³/mol. The maximum Gasteiger partial charge on any atom is 0.261 e. The summed E-state index contributed by atoms with van der Waals surface area (Å²) in [7, 11) is 0. The monoisotopic (exact) mass is 424 g/mol. The Bertz CT molecular complexity index is 882. The summed E-state index contributed by atoms with van der Waals surface area (Å²) in [5.74, 6) is 0.575. The van der Waals surface area contributed by atoms with Crippen molar-refractivity contribution in [1.82, 2.24) is 10.2 Å². The van der Waals surface area contributed by atoms with Crippen molar-refractivity contribution in [3.8, 4) is 5.75 Å². The van der Waals surface area contributed by atoms with Gasteiger partial charge >= 0.3 is 0 Å². The molecule has 2 rings (SSSR count). The van der Waals surface area contributed by atoms with E-state index in [2.05, 4.69) is 19.2 Å². The second kappa shape index (κ2) is 10.5. The normalized spacial score (nSPS) is 12.4. The van der Waals surface area contributed by atoms with E-state index in [1.54, 1.807) is 11.8 Å². The first kappa shape index (κ1) is 24.4. The van der Waals surface area contributed by atoms with Crippen LogP contribution in [0.4, 0.5) is 0 Å². The topological polar surface area (TPSA) is 58.6 Å². The molecule has 1 N–H and O–H groups in total. The lowest BCUT2D eigenvalue weighted by Gasteiger charge is -2.31. The molecular weight excluding hydrogens is 388 g/mol. The van der Waals surface area contributed by atoms with Crippen LogP contribution in [0.3, 0.4) is 0 Å². The molecule has 0 heterocycles. The summed E-state index contributed by atoms with van der Waals surface area (Å²) in [6.45, 7) is 14.0. The number of aryl methyl sites for hydroxylation is 1. The van der Waals surface area contributed by atoms with Gasteiger partial charge in [-0.05, 0) is 57.7 Å². The molecule has 0 spiro atoms. The molecular formula is C26H36N2O3. The average Bonchev–Trinajstić information content (AvgIpc) is 2.70. The van der Waals surface area contributed by atoms with Crippen molar-refractivity contribution in [2.24, 2.45) is 0 Å². The van der Waals surface area contributed by atoms with Crippen LogP contribution >= 0.6 is 0 Å². The van der Waals surface area contributed by atoms with Gasteiger partial charge in [0.25, 0.3) is 5.91 Å². The van der Waals surface area contributed by atoms with Crippen molar-refractivity contribution in [2.75, 3.05) is 6.61 Å². The maximum absolute atomic E-state index is 13.2. The molecule has 2 amide bonds. The van der Waals surface area contributed by atoms with E-state index in [9.17, 15) is 9.59 Å². The van der Waals surface area contributed by atoms with Crippen LogP contribution in [0.15, 0.2) is 48.5 Å². The molecule has 0 aliphatic carbocycles. The Morgan fingerprint density at radius 1 is 1.00 bits per heavy atom. The average molecular weight is 425 g/mol. The first-order valence-corrected chi connectivity index (χ1v) is 10.9. The van der Waals surface area contributed by atoms with Crippen LogP contribution < -0.4 is 10.1 Å². The molecule has 0 aromatic heterocycles. The second-order valence-corrected chi connectivity index (χ2v) is 9.40. The summed E-state index contributed by atoms with van der Waals surface area (Å²) >= 11 is 0. The number of nitrogens with zero attached hydrogens (tertiary/aromatic N) is 1. The van der Waals surface area contributed by atoms with Gasteiger partial charge in [-0.25, -0.2) is 0 Å². The van der Waals surface area contributed by atoms with E-state index in [1.165, 1.54) is 0 Å². The summed E-state index contributed by atoms with van der Waals surface area (Å²) in [6, 6.07) is 15.1. The molecule has 2 aromatic rings. The third kappa shape index (κ3) is 7.42. The van der Waals surface area contributed by atoms with Gasteiger partial charge < -0.3 is 15.0 Å². The molecule has 5 heteroatoms. The standard InChI is InChI=1S/C26H36N2O3/c1-18(2)22-10-8-9-11-23(22)31-17-24(29)28(16-21-14-12-19(3)13-15-21)20(4)25(30)27-26(5,6)7/h8-15,18,20H,16-17H2,1-7H3,(H,27,30). The fourth-order valence-corrected chi connectivity index (χ4v) is 3.26. The number of carbonyl (C=O) groups is 2. The summed E-state index contributed by atoms with van der Waals surface area (Å²) in [6.07, 6.45) is 0. The molecule has 0 aliphatic rings.